The lowest BCUT2D eigenvalue weighted by molar-refractivity contribution is -0.123. The van der Waals surface area contributed by atoms with Crippen LogP contribution in [0.3, 0.4) is 0 Å². The van der Waals surface area contributed by atoms with E-state index in [1.807, 2.05) is 0 Å². The van der Waals surface area contributed by atoms with Crippen LogP contribution >= 0.6 is 0 Å². The second-order valence-electron chi connectivity index (χ2n) is 4.61. The summed E-state index contributed by atoms with van der Waals surface area (Å²) in [4.78, 5) is 13.9. The van der Waals surface area contributed by atoms with Gasteiger partial charge in [-0.15, -0.1) is 0 Å². The zero-order valence-corrected chi connectivity index (χ0v) is 8.96. The van der Waals surface area contributed by atoms with Crippen molar-refractivity contribution in [2.75, 3.05) is 26.2 Å². The molecule has 2 aliphatic rings. The monoisotopic (exact) mass is 196 g/mol. The minimum atomic E-state index is 0.464. The van der Waals surface area contributed by atoms with Gasteiger partial charge in [-0.25, -0.2) is 0 Å². The maximum atomic E-state index is 11.4. The molecule has 1 N–H and O–H groups in total. The predicted octanol–water partition coefficient (Wildman–Crippen LogP) is 0.649. The van der Waals surface area contributed by atoms with Gasteiger partial charge < -0.3 is 5.32 Å². The molecule has 1 saturated carbocycles. The van der Waals surface area contributed by atoms with Crippen LogP contribution in [0.1, 0.15) is 26.2 Å². The zero-order valence-electron chi connectivity index (χ0n) is 8.96. The first-order valence-electron chi connectivity index (χ1n) is 5.74. The summed E-state index contributed by atoms with van der Waals surface area (Å²) in [6, 6.07) is 0.526. The molecule has 1 saturated heterocycles. The third-order valence-corrected chi connectivity index (χ3v) is 3.59. The molecule has 0 aromatic heterocycles. The first-order valence-corrected chi connectivity index (χ1v) is 5.74. The quantitative estimate of drug-likeness (QED) is 0.668. The highest BCUT2D eigenvalue weighted by molar-refractivity contribution is 5.79. The molecule has 14 heavy (non-hydrogen) atoms. The van der Waals surface area contributed by atoms with Gasteiger partial charge in [0, 0.05) is 45.1 Å². The van der Waals surface area contributed by atoms with Crippen molar-refractivity contribution in [2.24, 2.45) is 5.92 Å². The number of hydrogen-bond donors (Lipinski definition) is 1. The van der Waals surface area contributed by atoms with Gasteiger partial charge in [-0.05, 0) is 12.3 Å². The highest BCUT2D eigenvalue weighted by Gasteiger charge is 2.31. The number of Topliss-reactive ketones (excluding diaryl/α,β-unsaturated/α-hetero) is 1. The highest BCUT2D eigenvalue weighted by Crippen LogP contribution is 2.26. The van der Waals surface area contributed by atoms with Gasteiger partial charge in [-0.1, -0.05) is 6.92 Å². The van der Waals surface area contributed by atoms with E-state index in [2.05, 4.69) is 17.1 Å². The SMILES string of the molecule is CC1CCC(=O)CC1N1CCNCC1. The Bertz CT molecular complexity index is 211. The molecule has 2 unspecified atom stereocenters. The number of nitrogens with one attached hydrogen (secondary N) is 1. The minimum Gasteiger partial charge on any atom is -0.314 e. The second-order valence-corrected chi connectivity index (χ2v) is 4.61. The van der Waals surface area contributed by atoms with Crippen LogP contribution in [0.5, 0.6) is 0 Å². The molecular weight excluding hydrogens is 176 g/mol. The third kappa shape index (κ3) is 2.15. The Kier molecular flexibility index (Phi) is 3.19. The Morgan fingerprint density at radius 3 is 2.79 bits per heavy atom. The number of rotatable bonds is 1. The Labute approximate surface area is 85.8 Å². The summed E-state index contributed by atoms with van der Waals surface area (Å²) in [5.74, 6) is 1.16. The average molecular weight is 196 g/mol. The second kappa shape index (κ2) is 4.41. The molecule has 2 rings (SSSR count). The van der Waals surface area contributed by atoms with E-state index >= 15 is 0 Å². The minimum absolute atomic E-state index is 0.464. The molecule has 0 bridgehead atoms. The Hall–Kier alpha value is -0.410. The number of carbonyl (C=O) groups is 1. The summed E-state index contributed by atoms with van der Waals surface area (Å²) in [5, 5.41) is 3.35. The van der Waals surface area contributed by atoms with Crippen molar-refractivity contribution < 1.29 is 4.79 Å². The van der Waals surface area contributed by atoms with Crippen LogP contribution in [-0.2, 0) is 4.79 Å². The molecule has 0 aromatic carbocycles. The Morgan fingerprint density at radius 1 is 1.36 bits per heavy atom. The van der Waals surface area contributed by atoms with Gasteiger partial charge in [0.15, 0.2) is 0 Å². The Balaban J connectivity index is 1.95. The van der Waals surface area contributed by atoms with Gasteiger partial charge >= 0.3 is 0 Å². The van der Waals surface area contributed by atoms with Crippen molar-refractivity contribution in [3.8, 4) is 0 Å². The summed E-state index contributed by atoms with van der Waals surface area (Å²) in [5.41, 5.74) is 0. The molecule has 80 valence electrons. The van der Waals surface area contributed by atoms with E-state index in [0.29, 0.717) is 17.7 Å². The maximum absolute atomic E-state index is 11.4. The van der Waals surface area contributed by atoms with Gasteiger partial charge in [-0.2, -0.15) is 0 Å². The van der Waals surface area contributed by atoms with Crippen molar-refractivity contribution in [2.45, 2.75) is 32.2 Å². The standard InChI is InChI=1S/C11H20N2O/c1-9-2-3-10(14)8-11(9)13-6-4-12-5-7-13/h9,11-12H,2-8H2,1H3. The molecular formula is C11H20N2O. The first kappa shape index (κ1) is 10.1. The Morgan fingerprint density at radius 2 is 2.07 bits per heavy atom. The topological polar surface area (TPSA) is 32.3 Å². The van der Waals surface area contributed by atoms with Crippen molar-refractivity contribution in [1.29, 1.82) is 0 Å². The lowest BCUT2D eigenvalue weighted by Crippen LogP contribution is -2.52. The fourth-order valence-corrected chi connectivity index (χ4v) is 2.62. The van der Waals surface area contributed by atoms with Crippen LogP contribution < -0.4 is 5.32 Å². The van der Waals surface area contributed by atoms with Crippen molar-refractivity contribution >= 4 is 5.78 Å². The summed E-state index contributed by atoms with van der Waals surface area (Å²) < 4.78 is 0. The fourth-order valence-electron chi connectivity index (χ4n) is 2.62. The zero-order chi connectivity index (χ0) is 9.97. The largest absolute Gasteiger partial charge is 0.314 e. The van der Waals surface area contributed by atoms with Gasteiger partial charge in [0.05, 0.1) is 0 Å². The molecule has 0 aromatic rings. The number of ketones is 1. The summed E-state index contributed by atoms with van der Waals surface area (Å²) in [6.45, 7) is 6.68. The molecule has 2 atom stereocenters. The number of hydrogen-bond acceptors (Lipinski definition) is 3. The lowest BCUT2D eigenvalue weighted by Gasteiger charge is -2.40. The molecule has 1 aliphatic heterocycles. The van der Waals surface area contributed by atoms with E-state index in [4.69, 9.17) is 0 Å². The number of nitrogens with zero attached hydrogens (tertiary/aromatic N) is 1. The summed E-state index contributed by atoms with van der Waals surface area (Å²) in [6.07, 6.45) is 2.69. The number of carbonyl (C=O) groups excluding carboxylic acids is 1. The van der Waals surface area contributed by atoms with Crippen LogP contribution in [0.15, 0.2) is 0 Å². The van der Waals surface area contributed by atoms with E-state index < -0.39 is 0 Å². The smallest absolute Gasteiger partial charge is 0.134 e. The first-order chi connectivity index (χ1) is 6.77. The van der Waals surface area contributed by atoms with E-state index in [9.17, 15) is 4.79 Å². The molecule has 2 fully saturated rings. The van der Waals surface area contributed by atoms with E-state index in [1.165, 1.54) is 0 Å². The average Bonchev–Trinajstić information content (AvgIpc) is 2.23. The van der Waals surface area contributed by atoms with Crippen LogP contribution in [0.25, 0.3) is 0 Å². The van der Waals surface area contributed by atoms with Crippen LogP contribution in [0.2, 0.25) is 0 Å². The summed E-state index contributed by atoms with van der Waals surface area (Å²) >= 11 is 0. The molecule has 1 aliphatic carbocycles. The highest BCUT2D eigenvalue weighted by atomic mass is 16.1. The van der Waals surface area contributed by atoms with Crippen molar-refractivity contribution in [3.05, 3.63) is 0 Å². The van der Waals surface area contributed by atoms with Gasteiger partial charge in [0.25, 0.3) is 0 Å². The number of piperazine rings is 1. The fraction of sp³-hybridized carbons (Fsp3) is 0.909. The van der Waals surface area contributed by atoms with Gasteiger partial charge in [-0.3, -0.25) is 9.69 Å². The molecule has 3 nitrogen and oxygen atoms in total. The molecule has 0 radical (unpaired) electrons. The van der Waals surface area contributed by atoms with Crippen LogP contribution in [0.4, 0.5) is 0 Å². The van der Waals surface area contributed by atoms with E-state index in [0.717, 1.165) is 45.4 Å². The third-order valence-electron chi connectivity index (χ3n) is 3.59. The van der Waals surface area contributed by atoms with Crippen molar-refractivity contribution in [3.63, 3.8) is 0 Å². The molecule has 0 amide bonds. The van der Waals surface area contributed by atoms with E-state index in [1.54, 1.807) is 0 Å². The van der Waals surface area contributed by atoms with Crippen LogP contribution in [0, 0.1) is 5.92 Å². The normalized spacial score (nSPS) is 35.9. The summed E-state index contributed by atoms with van der Waals surface area (Å²) in [7, 11) is 0. The van der Waals surface area contributed by atoms with Crippen molar-refractivity contribution in [1.82, 2.24) is 10.2 Å². The van der Waals surface area contributed by atoms with Gasteiger partial charge in [0.2, 0.25) is 0 Å². The van der Waals surface area contributed by atoms with Gasteiger partial charge in [0.1, 0.15) is 5.78 Å². The molecule has 0 spiro atoms. The van der Waals surface area contributed by atoms with E-state index in [-0.39, 0.29) is 0 Å². The maximum Gasteiger partial charge on any atom is 0.134 e. The molecule has 1 heterocycles. The predicted molar refractivity (Wildman–Crippen MR) is 56.3 cm³/mol. The van der Waals surface area contributed by atoms with Crippen LogP contribution in [-0.4, -0.2) is 42.9 Å². The molecule has 3 heteroatoms. The lowest BCUT2D eigenvalue weighted by atomic mass is 9.84.